The molecule has 0 bridgehead atoms. The van der Waals surface area contributed by atoms with Crippen molar-refractivity contribution < 1.29 is 23.6 Å². The molecule has 3 fully saturated rings. The van der Waals surface area contributed by atoms with Crippen molar-refractivity contribution >= 4 is 5.91 Å². The fourth-order valence-electron chi connectivity index (χ4n) is 3.31. The Labute approximate surface area is 116 Å². The highest BCUT2D eigenvalue weighted by molar-refractivity contribution is 5.92. The molecule has 3 aliphatic rings. The molecule has 3 heterocycles. The van der Waals surface area contributed by atoms with Gasteiger partial charge in [-0.1, -0.05) is 0 Å². The summed E-state index contributed by atoms with van der Waals surface area (Å²) < 4.78 is 19.8. The van der Waals surface area contributed by atoms with Crippen LogP contribution in [0.25, 0.3) is 0 Å². The number of nitrogens with two attached hydrogens (primary N) is 1. The maximum atomic E-state index is 11.3. The lowest BCUT2D eigenvalue weighted by molar-refractivity contribution is -0.767. The second-order valence-electron chi connectivity index (χ2n) is 6.12. The van der Waals surface area contributed by atoms with Crippen LogP contribution in [0.15, 0.2) is 24.5 Å². The molecule has 1 aromatic rings. The molecule has 2 saturated heterocycles. The minimum atomic E-state index is -0.594. The molecule has 1 spiro atoms. The molecule has 2 N–H and O–H groups in total. The predicted octanol–water partition coefficient (Wildman–Crippen LogP) is 0.264. The van der Waals surface area contributed by atoms with Gasteiger partial charge in [0, 0.05) is 12.5 Å². The molecule has 6 nitrogen and oxygen atoms in total. The number of pyridine rings is 1. The Balaban J connectivity index is 1.68. The Morgan fingerprint density at radius 1 is 1.50 bits per heavy atom. The number of hydrogen-bond donors (Lipinski definition) is 1. The lowest BCUT2D eigenvalue weighted by Gasteiger charge is -2.19. The van der Waals surface area contributed by atoms with Gasteiger partial charge in [0.1, 0.15) is 11.2 Å². The van der Waals surface area contributed by atoms with Crippen molar-refractivity contribution in [2.75, 3.05) is 0 Å². The van der Waals surface area contributed by atoms with Crippen LogP contribution in [0.1, 0.15) is 36.9 Å². The van der Waals surface area contributed by atoms with Gasteiger partial charge in [-0.25, -0.2) is 0 Å². The summed E-state index contributed by atoms with van der Waals surface area (Å²) in [6.07, 6.45) is 4.05. The van der Waals surface area contributed by atoms with Crippen LogP contribution in [-0.2, 0) is 14.2 Å². The number of ether oxygens (including phenoxy) is 3. The van der Waals surface area contributed by atoms with Gasteiger partial charge in [-0.05, 0) is 19.9 Å². The second-order valence-corrected chi connectivity index (χ2v) is 6.12. The van der Waals surface area contributed by atoms with Crippen LogP contribution in [0.4, 0.5) is 0 Å². The third kappa shape index (κ3) is 1.55. The number of primary amides is 1. The van der Waals surface area contributed by atoms with Crippen LogP contribution in [-0.4, -0.2) is 29.5 Å². The first-order valence-corrected chi connectivity index (χ1v) is 6.75. The lowest BCUT2D eigenvalue weighted by atomic mass is 10.1. The zero-order chi connectivity index (χ0) is 14.1. The van der Waals surface area contributed by atoms with Crippen LogP contribution in [0.5, 0.6) is 0 Å². The molecule has 4 unspecified atom stereocenters. The van der Waals surface area contributed by atoms with E-state index in [-0.39, 0.29) is 24.0 Å². The fourth-order valence-corrected chi connectivity index (χ4v) is 3.31. The highest BCUT2D eigenvalue weighted by Crippen LogP contribution is 2.61. The fraction of sp³-hybridized carbons (Fsp3) is 0.571. The summed E-state index contributed by atoms with van der Waals surface area (Å²) in [5.41, 5.74) is 5.45. The first kappa shape index (κ1) is 12.3. The molecule has 6 heteroatoms. The van der Waals surface area contributed by atoms with E-state index in [1.165, 1.54) is 0 Å². The maximum absolute atomic E-state index is 11.3. The lowest BCUT2D eigenvalue weighted by Crippen LogP contribution is -2.48. The standard InChI is InChI=1S/C14H16N2O4/c1-13(2)19-10-12(18-9-6-14(9,10)20-13)16-5-3-4-8(7-16)11(15)17/h3-5,7,9-10,12H,6H2,1-2H3,(H-,15,17)/p+1. The van der Waals surface area contributed by atoms with E-state index in [1.54, 1.807) is 18.3 Å². The molecule has 1 amide bonds. The molecular formula is C14H17N2O4+. The quantitative estimate of drug-likeness (QED) is 0.787. The van der Waals surface area contributed by atoms with Crippen molar-refractivity contribution in [3.05, 3.63) is 30.1 Å². The van der Waals surface area contributed by atoms with Crippen LogP contribution < -0.4 is 10.3 Å². The highest BCUT2D eigenvalue weighted by Gasteiger charge is 2.79. The Kier molecular flexibility index (Phi) is 2.19. The normalized spacial score (nSPS) is 40.2. The van der Waals surface area contributed by atoms with Crippen molar-refractivity contribution in [3.8, 4) is 0 Å². The Hall–Kier alpha value is -1.50. The summed E-state index contributed by atoms with van der Waals surface area (Å²) in [6.45, 7) is 3.83. The summed E-state index contributed by atoms with van der Waals surface area (Å²) in [7, 11) is 0. The van der Waals surface area contributed by atoms with Gasteiger partial charge in [-0.3, -0.25) is 4.79 Å². The largest absolute Gasteiger partial charge is 0.365 e. The highest BCUT2D eigenvalue weighted by atomic mass is 16.8. The van der Waals surface area contributed by atoms with Crippen molar-refractivity contribution in [2.45, 2.75) is 50.1 Å². The third-order valence-corrected chi connectivity index (χ3v) is 4.18. The van der Waals surface area contributed by atoms with Gasteiger partial charge in [0.25, 0.3) is 12.1 Å². The number of amides is 1. The van der Waals surface area contributed by atoms with Gasteiger partial charge in [-0.15, -0.1) is 0 Å². The average molecular weight is 277 g/mol. The minimum absolute atomic E-state index is 0.0732. The molecule has 0 aromatic carbocycles. The number of rotatable bonds is 2. The van der Waals surface area contributed by atoms with Gasteiger partial charge >= 0.3 is 0 Å². The molecular weight excluding hydrogens is 260 g/mol. The number of hydrogen-bond acceptors (Lipinski definition) is 4. The number of carbonyl (C=O) groups is 1. The first-order valence-electron chi connectivity index (χ1n) is 6.75. The Morgan fingerprint density at radius 2 is 2.30 bits per heavy atom. The van der Waals surface area contributed by atoms with Crippen LogP contribution in [0.3, 0.4) is 0 Å². The molecule has 2 aliphatic heterocycles. The summed E-state index contributed by atoms with van der Waals surface area (Å²) in [6, 6.07) is 3.46. The van der Waals surface area contributed by atoms with Gasteiger partial charge in [0.2, 0.25) is 0 Å². The number of nitrogens with zero attached hydrogens (tertiary/aromatic N) is 1. The third-order valence-electron chi connectivity index (χ3n) is 4.18. The Morgan fingerprint density at radius 3 is 3.05 bits per heavy atom. The van der Waals surface area contributed by atoms with E-state index in [9.17, 15) is 4.79 Å². The van der Waals surface area contributed by atoms with E-state index in [4.69, 9.17) is 19.9 Å². The zero-order valence-electron chi connectivity index (χ0n) is 11.4. The molecule has 20 heavy (non-hydrogen) atoms. The molecule has 1 aliphatic carbocycles. The SMILES string of the molecule is CC1(C)OC2C([n+]3cccc(C(N)=O)c3)OC3CC32O1. The number of aromatic nitrogens is 1. The summed E-state index contributed by atoms with van der Waals surface area (Å²) in [5.74, 6) is -1.05. The van der Waals surface area contributed by atoms with Crippen molar-refractivity contribution in [1.82, 2.24) is 0 Å². The molecule has 106 valence electrons. The van der Waals surface area contributed by atoms with E-state index in [1.807, 2.05) is 24.6 Å². The van der Waals surface area contributed by atoms with E-state index < -0.39 is 11.7 Å². The van der Waals surface area contributed by atoms with Crippen LogP contribution >= 0.6 is 0 Å². The summed E-state index contributed by atoms with van der Waals surface area (Å²) >= 11 is 0. The van der Waals surface area contributed by atoms with Crippen molar-refractivity contribution in [1.29, 1.82) is 0 Å². The zero-order valence-corrected chi connectivity index (χ0v) is 11.4. The predicted molar refractivity (Wildman–Crippen MR) is 66.4 cm³/mol. The molecule has 0 radical (unpaired) electrons. The van der Waals surface area contributed by atoms with Gasteiger partial charge in [0.05, 0.1) is 6.10 Å². The van der Waals surface area contributed by atoms with Crippen LogP contribution in [0.2, 0.25) is 0 Å². The topological polar surface area (TPSA) is 74.7 Å². The molecule has 4 atom stereocenters. The van der Waals surface area contributed by atoms with Crippen LogP contribution in [0, 0.1) is 0 Å². The molecule has 1 saturated carbocycles. The average Bonchev–Trinajstić information content (AvgIpc) is 2.86. The minimum Gasteiger partial charge on any atom is -0.365 e. The van der Waals surface area contributed by atoms with E-state index >= 15 is 0 Å². The van der Waals surface area contributed by atoms with E-state index in [0.717, 1.165) is 6.42 Å². The van der Waals surface area contributed by atoms with E-state index in [0.29, 0.717) is 5.56 Å². The number of carbonyl (C=O) groups excluding carboxylic acids is 1. The van der Waals surface area contributed by atoms with Gasteiger partial charge in [-0.2, -0.15) is 4.57 Å². The van der Waals surface area contributed by atoms with Crippen molar-refractivity contribution in [2.24, 2.45) is 5.73 Å². The summed E-state index contributed by atoms with van der Waals surface area (Å²) in [4.78, 5) is 11.3. The first-order chi connectivity index (χ1) is 9.41. The summed E-state index contributed by atoms with van der Waals surface area (Å²) in [5, 5.41) is 0. The molecule has 1 aromatic heterocycles. The van der Waals surface area contributed by atoms with Crippen molar-refractivity contribution in [3.63, 3.8) is 0 Å². The maximum Gasteiger partial charge on any atom is 0.292 e. The monoisotopic (exact) mass is 277 g/mol. The molecule has 4 rings (SSSR count). The van der Waals surface area contributed by atoms with E-state index in [2.05, 4.69) is 0 Å². The Bertz CT molecular complexity index is 603. The smallest absolute Gasteiger partial charge is 0.292 e. The van der Waals surface area contributed by atoms with Gasteiger partial charge in [0.15, 0.2) is 24.3 Å². The van der Waals surface area contributed by atoms with Gasteiger partial charge < -0.3 is 19.9 Å². The second kappa shape index (κ2) is 3.58.